The Kier molecular flexibility index (Phi) is 10.5. The number of hydrogen-bond acceptors (Lipinski definition) is 5. The summed E-state index contributed by atoms with van der Waals surface area (Å²) in [5.41, 5.74) is 4.68. The van der Waals surface area contributed by atoms with Crippen LogP contribution in [0.1, 0.15) is 63.8 Å². The Morgan fingerprint density at radius 3 is 1.68 bits per heavy atom. The fraction of sp³-hybridized carbons (Fsp3) is 0.400. The lowest BCUT2D eigenvalue weighted by Crippen LogP contribution is -2.41. The number of rotatable bonds is 12. The highest BCUT2D eigenvalue weighted by Crippen LogP contribution is 2.24. The molecule has 2 rings (SSSR count). The maximum atomic E-state index is 12.2. The minimum absolute atomic E-state index is 0.0765. The van der Waals surface area contributed by atoms with Gasteiger partial charge in [0.25, 0.3) is 0 Å². The number of nitrogens with one attached hydrogen (secondary N) is 2. The molecule has 0 aliphatic heterocycles. The number of ether oxygens (including phenoxy) is 3. The molecule has 37 heavy (non-hydrogen) atoms. The Bertz CT molecular complexity index is 1100. The average Bonchev–Trinajstić information content (AvgIpc) is 2.83. The predicted molar refractivity (Wildman–Crippen MR) is 148 cm³/mol. The van der Waals surface area contributed by atoms with E-state index in [0.29, 0.717) is 0 Å². The molecule has 200 valence electrons. The molecule has 2 amide bonds. The van der Waals surface area contributed by atoms with Gasteiger partial charge >= 0.3 is 12.2 Å². The van der Waals surface area contributed by atoms with Gasteiger partial charge in [0.1, 0.15) is 13.2 Å². The minimum Gasteiger partial charge on any atom is -0.447 e. The second-order valence-corrected chi connectivity index (χ2v) is 10.1. The third kappa shape index (κ3) is 9.42. The molecule has 0 aromatic heterocycles. The van der Waals surface area contributed by atoms with Gasteiger partial charge in [-0.05, 0) is 69.9 Å². The summed E-state index contributed by atoms with van der Waals surface area (Å²) >= 11 is 0. The van der Waals surface area contributed by atoms with Gasteiger partial charge in [0, 0.05) is 0 Å². The molecule has 7 nitrogen and oxygen atoms in total. The van der Waals surface area contributed by atoms with E-state index in [1.165, 1.54) is 0 Å². The third-order valence-electron chi connectivity index (χ3n) is 5.93. The Morgan fingerprint density at radius 1 is 0.703 bits per heavy atom. The van der Waals surface area contributed by atoms with Gasteiger partial charge in [-0.2, -0.15) is 0 Å². The number of hydrogen-bond donors (Lipinski definition) is 2. The van der Waals surface area contributed by atoms with Crippen molar-refractivity contribution in [2.75, 3.05) is 26.4 Å². The van der Waals surface area contributed by atoms with Crippen LogP contribution in [0.5, 0.6) is 0 Å². The van der Waals surface area contributed by atoms with E-state index in [4.69, 9.17) is 14.2 Å². The van der Waals surface area contributed by atoms with Crippen LogP contribution in [0.25, 0.3) is 11.1 Å². The lowest BCUT2D eigenvalue weighted by Gasteiger charge is -2.27. The molecule has 0 saturated carbocycles. The van der Waals surface area contributed by atoms with Gasteiger partial charge < -0.3 is 24.8 Å². The van der Waals surface area contributed by atoms with Crippen molar-refractivity contribution < 1.29 is 23.8 Å². The second kappa shape index (κ2) is 13.1. The van der Waals surface area contributed by atoms with Crippen molar-refractivity contribution in [2.45, 2.75) is 52.6 Å². The summed E-state index contributed by atoms with van der Waals surface area (Å²) in [6.45, 7) is 19.9. The highest BCUT2D eigenvalue weighted by Gasteiger charge is 2.25. The molecule has 2 aromatic carbocycles. The zero-order chi connectivity index (χ0) is 27.6. The van der Waals surface area contributed by atoms with Gasteiger partial charge in [-0.1, -0.05) is 66.8 Å². The molecule has 2 aromatic rings. The van der Waals surface area contributed by atoms with Crippen molar-refractivity contribution >= 4 is 23.3 Å². The molecule has 0 spiro atoms. The number of benzene rings is 2. The van der Waals surface area contributed by atoms with Gasteiger partial charge in [-0.25, -0.2) is 9.59 Å². The quantitative estimate of drug-likeness (QED) is 0.324. The summed E-state index contributed by atoms with van der Waals surface area (Å²) in [6.07, 6.45) is -1.07. The van der Waals surface area contributed by atoms with Crippen LogP contribution in [-0.4, -0.2) is 38.6 Å². The lowest BCUT2D eigenvalue weighted by molar-refractivity contribution is 0.0427. The fourth-order valence-corrected chi connectivity index (χ4v) is 3.56. The van der Waals surface area contributed by atoms with Crippen molar-refractivity contribution in [3.8, 4) is 0 Å². The molecule has 0 aliphatic carbocycles. The summed E-state index contributed by atoms with van der Waals surface area (Å²) in [4.78, 5) is 24.5. The van der Waals surface area contributed by atoms with Gasteiger partial charge in [-0.3, -0.25) is 0 Å². The first-order valence-corrected chi connectivity index (χ1v) is 12.3. The van der Waals surface area contributed by atoms with Crippen molar-refractivity contribution in [1.29, 1.82) is 0 Å². The molecular weight excluding hydrogens is 468 g/mol. The fourth-order valence-electron chi connectivity index (χ4n) is 3.56. The summed E-state index contributed by atoms with van der Waals surface area (Å²) < 4.78 is 15.9. The number of carbonyl (C=O) groups excluding carboxylic acids is 2. The zero-order valence-electron chi connectivity index (χ0n) is 22.9. The minimum atomic E-state index is -0.620. The van der Waals surface area contributed by atoms with Crippen molar-refractivity contribution in [3.63, 3.8) is 0 Å². The Hall–Kier alpha value is -3.58. The first-order chi connectivity index (χ1) is 17.3. The first kappa shape index (κ1) is 29.6. The third-order valence-corrected chi connectivity index (χ3v) is 5.93. The van der Waals surface area contributed by atoms with Gasteiger partial charge in [0.2, 0.25) is 0 Å². The molecular formula is C30H40N2O5. The molecule has 0 aliphatic rings. The molecule has 0 radical (unpaired) electrons. The van der Waals surface area contributed by atoms with E-state index in [2.05, 4.69) is 23.8 Å². The topological polar surface area (TPSA) is 85.9 Å². The van der Waals surface area contributed by atoms with Crippen LogP contribution in [0.15, 0.2) is 61.7 Å². The van der Waals surface area contributed by atoms with Crippen LogP contribution in [0.4, 0.5) is 9.59 Å². The SMILES string of the molecule is C=C(C)c1ccc(C(C)(C)NC(=O)OCCOCCOC(=O)NC(C)(C)c2cccc(C(=C)C)c2)cc1. The molecule has 0 unspecified atom stereocenters. The number of carbonyl (C=O) groups is 2. The Labute approximate surface area is 220 Å². The molecule has 0 saturated heterocycles. The zero-order valence-corrected chi connectivity index (χ0v) is 22.9. The highest BCUT2D eigenvalue weighted by molar-refractivity contribution is 5.69. The Morgan fingerprint density at radius 2 is 1.19 bits per heavy atom. The standard InChI is InChI=1S/C30H40N2O5/c1-21(2)23-12-14-25(15-13-23)29(5,6)31-27(33)36-18-16-35-17-19-37-28(34)32-30(7,8)26-11-9-10-24(20-26)22(3)4/h9-15,20H,1,3,16-19H2,2,4-8H3,(H,31,33)(H,32,34). The first-order valence-electron chi connectivity index (χ1n) is 12.3. The van der Waals surface area contributed by atoms with Crippen LogP contribution in [0, 0.1) is 0 Å². The Balaban J connectivity index is 1.65. The van der Waals surface area contributed by atoms with E-state index < -0.39 is 23.3 Å². The van der Waals surface area contributed by atoms with E-state index in [9.17, 15) is 9.59 Å². The summed E-state index contributed by atoms with van der Waals surface area (Å²) in [5, 5.41) is 5.73. The van der Waals surface area contributed by atoms with Crippen molar-refractivity contribution in [2.24, 2.45) is 0 Å². The molecule has 2 N–H and O–H groups in total. The maximum absolute atomic E-state index is 12.2. The molecule has 7 heteroatoms. The molecule has 0 fully saturated rings. The molecule has 0 atom stereocenters. The summed E-state index contributed by atoms with van der Waals surface area (Å²) in [6, 6.07) is 15.7. The van der Waals surface area contributed by atoms with Crippen LogP contribution < -0.4 is 10.6 Å². The van der Waals surface area contributed by atoms with Crippen LogP contribution in [0.3, 0.4) is 0 Å². The van der Waals surface area contributed by atoms with Crippen LogP contribution >= 0.6 is 0 Å². The van der Waals surface area contributed by atoms with Gasteiger partial charge in [-0.15, -0.1) is 0 Å². The lowest BCUT2D eigenvalue weighted by atomic mass is 9.92. The number of amides is 2. The monoisotopic (exact) mass is 508 g/mol. The van der Waals surface area contributed by atoms with E-state index in [-0.39, 0.29) is 26.4 Å². The predicted octanol–water partition coefficient (Wildman–Crippen LogP) is 6.39. The van der Waals surface area contributed by atoms with E-state index in [0.717, 1.165) is 33.4 Å². The van der Waals surface area contributed by atoms with Crippen LogP contribution in [-0.2, 0) is 25.3 Å². The van der Waals surface area contributed by atoms with Gasteiger partial charge in [0.15, 0.2) is 0 Å². The summed E-state index contributed by atoms with van der Waals surface area (Å²) in [7, 11) is 0. The second-order valence-electron chi connectivity index (χ2n) is 10.1. The van der Waals surface area contributed by atoms with Crippen molar-refractivity contribution in [3.05, 3.63) is 83.9 Å². The van der Waals surface area contributed by atoms with E-state index >= 15 is 0 Å². The van der Waals surface area contributed by atoms with Crippen molar-refractivity contribution in [1.82, 2.24) is 10.6 Å². The largest absolute Gasteiger partial charge is 0.447 e. The summed E-state index contributed by atoms with van der Waals surface area (Å²) in [5.74, 6) is 0. The smallest absolute Gasteiger partial charge is 0.407 e. The molecule has 0 heterocycles. The maximum Gasteiger partial charge on any atom is 0.407 e. The van der Waals surface area contributed by atoms with Crippen LogP contribution in [0.2, 0.25) is 0 Å². The van der Waals surface area contributed by atoms with E-state index in [1.807, 2.05) is 90.1 Å². The normalized spacial score (nSPS) is 11.4. The number of allylic oxidation sites excluding steroid dienone is 2. The highest BCUT2D eigenvalue weighted by atomic mass is 16.6. The number of alkyl carbamates (subject to hydrolysis) is 2. The van der Waals surface area contributed by atoms with Gasteiger partial charge in [0.05, 0.1) is 24.3 Å². The average molecular weight is 509 g/mol. The van der Waals surface area contributed by atoms with E-state index in [1.54, 1.807) is 0 Å². The molecule has 0 bridgehead atoms.